The van der Waals surface area contributed by atoms with Crippen molar-refractivity contribution < 1.29 is 13.2 Å². The van der Waals surface area contributed by atoms with Crippen molar-refractivity contribution in [2.45, 2.75) is 18.2 Å². The van der Waals surface area contributed by atoms with E-state index in [1.165, 1.54) is 11.8 Å². The molecule has 1 heterocycles. The van der Waals surface area contributed by atoms with Gasteiger partial charge in [0.05, 0.1) is 17.3 Å². The summed E-state index contributed by atoms with van der Waals surface area (Å²) >= 11 is 7.42. The van der Waals surface area contributed by atoms with Crippen LogP contribution < -0.4 is 0 Å². The first-order valence-corrected chi connectivity index (χ1v) is 10.0. The molecule has 2 rings (SSSR count). The molecule has 116 valence electrons. The maximum absolute atomic E-state index is 12.1. The van der Waals surface area contributed by atoms with E-state index in [-0.39, 0.29) is 23.5 Å². The van der Waals surface area contributed by atoms with Crippen LogP contribution in [0.15, 0.2) is 24.3 Å². The zero-order valence-electron chi connectivity index (χ0n) is 11.8. The first-order chi connectivity index (χ1) is 9.87. The Morgan fingerprint density at radius 1 is 1.48 bits per heavy atom. The van der Waals surface area contributed by atoms with Crippen LogP contribution in [-0.2, 0) is 20.4 Å². The lowest BCUT2D eigenvalue weighted by Gasteiger charge is -2.23. The molecule has 0 spiro atoms. The fourth-order valence-electron chi connectivity index (χ4n) is 2.27. The molecule has 1 aliphatic heterocycles. The summed E-state index contributed by atoms with van der Waals surface area (Å²) in [6, 6.07) is 7.38. The van der Waals surface area contributed by atoms with Crippen molar-refractivity contribution in [1.29, 1.82) is 0 Å². The predicted molar refractivity (Wildman–Crippen MR) is 87.4 cm³/mol. The molecule has 1 saturated heterocycles. The van der Waals surface area contributed by atoms with E-state index >= 15 is 0 Å². The topological polar surface area (TPSA) is 54.5 Å². The van der Waals surface area contributed by atoms with Gasteiger partial charge in [-0.2, -0.15) is 0 Å². The van der Waals surface area contributed by atoms with Crippen molar-refractivity contribution in [3.8, 4) is 0 Å². The molecule has 1 amide bonds. The van der Waals surface area contributed by atoms with Gasteiger partial charge in [-0.05, 0) is 24.1 Å². The molecule has 1 atom stereocenters. The summed E-state index contributed by atoms with van der Waals surface area (Å²) in [6.45, 7) is 0. The Kier molecular flexibility index (Phi) is 5.57. The fourth-order valence-corrected chi connectivity index (χ4v) is 5.15. The van der Waals surface area contributed by atoms with E-state index in [9.17, 15) is 13.2 Å². The molecule has 0 radical (unpaired) electrons. The van der Waals surface area contributed by atoms with Crippen LogP contribution in [0.2, 0.25) is 5.02 Å². The first-order valence-electron chi connectivity index (χ1n) is 6.66. The van der Waals surface area contributed by atoms with Crippen LogP contribution in [0.1, 0.15) is 12.0 Å². The molecule has 7 heteroatoms. The molecular weight excluding hydrogens is 330 g/mol. The molecule has 21 heavy (non-hydrogen) atoms. The maximum atomic E-state index is 12.1. The van der Waals surface area contributed by atoms with Gasteiger partial charge in [-0.25, -0.2) is 8.42 Å². The van der Waals surface area contributed by atoms with E-state index < -0.39 is 9.84 Å². The van der Waals surface area contributed by atoms with Crippen LogP contribution in [0.4, 0.5) is 0 Å². The largest absolute Gasteiger partial charge is 0.341 e. The summed E-state index contributed by atoms with van der Waals surface area (Å²) in [5.74, 6) is 1.31. The summed E-state index contributed by atoms with van der Waals surface area (Å²) in [4.78, 5) is 13.7. The fraction of sp³-hybridized carbons (Fsp3) is 0.500. The minimum absolute atomic E-state index is 0.0240. The summed E-state index contributed by atoms with van der Waals surface area (Å²) < 4.78 is 22.9. The Morgan fingerprint density at radius 2 is 2.24 bits per heavy atom. The van der Waals surface area contributed by atoms with Gasteiger partial charge in [-0.15, -0.1) is 11.8 Å². The number of carbonyl (C=O) groups excluding carboxylic acids is 1. The van der Waals surface area contributed by atoms with Gasteiger partial charge < -0.3 is 4.90 Å². The van der Waals surface area contributed by atoms with Gasteiger partial charge in [0.1, 0.15) is 0 Å². The highest BCUT2D eigenvalue weighted by Gasteiger charge is 2.32. The Morgan fingerprint density at radius 3 is 2.86 bits per heavy atom. The third kappa shape index (κ3) is 4.90. The molecule has 1 aromatic rings. The zero-order chi connectivity index (χ0) is 15.5. The third-order valence-electron chi connectivity index (χ3n) is 3.53. The number of sulfone groups is 1. The van der Waals surface area contributed by atoms with Crippen molar-refractivity contribution >= 4 is 39.1 Å². The van der Waals surface area contributed by atoms with Crippen LogP contribution in [0.25, 0.3) is 0 Å². The Balaban J connectivity index is 1.79. The van der Waals surface area contributed by atoms with Gasteiger partial charge in [-0.1, -0.05) is 23.7 Å². The number of hydrogen-bond donors (Lipinski definition) is 0. The molecule has 4 nitrogen and oxygen atoms in total. The average molecular weight is 348 g/mol. The standard InChI is InChI=1S/C14H18ClNO3S2/c1-16(13-5-6-21(18,19)10-13)14(17)9-20-8-11-3-2-4-12(15)7-11/h2-4,7,13H,5-6,8-10H2,1H3/t13-/m1/s1. The maximum Gasteiger partial charge on any atom is 0.232 e. The Bertz CT molecular complexity index is 618. The van der Waals surface area contributed by atoms with Crippen molar-refractivity contribution in [3.05, 3.63) is 34.9 Å². The second kappa shape index (κ2) is 7.03. The summed E-state index contributed by atoms with van der Waals surface area (Å²) in [5, 5.41) is 0.688. The molecular formula is C14H18ClNO3S2. The second-order valence-corrected chi connectivity index (χ2v) is 8.83. The molecule has 0 unspecified atom stereocenters. The summed E-state index contributed by atoms with van der Waals surface area (Å²) in [7, 11) is -1.27. The van der Waals surface area contributed by atoms with E-state index in [2.05, 4.69) is 0 Å². The van der Waals surface area contributed by atoms with Gasteiger partial charge in [0.15, 0.2) is 9.84 Å². The van der Waals surface area contributed by atoms with Crippen molar-refractivity contribution in [2.75, 3.05) is 24.3 Å². The van der Waals surface area contributed by atoms with Crippen molar-refractivity contribution in [1.82, 2.24) is 4.90 Å². The average Bonchev–Trinajstić information content (AvgIpc) is 2.78. The highest BCUT2D eigenvalue weighted by molar-refractivity contribution is 7.99. The van der Waals surface area contributed by atoms with Crippen molar-refractivity contribution in [3.63, 3.8) is 0 Å². The summed E-state index contributed by atoms with van der Waals surface area (Å²) in [6.07, 6.45) is 0.545. The van der Waals surface area contributed by atoms with E-state index in [1.54, 1.807) is 11.9 Å². The van der Waals surface area contributed by atoms with Gasteiger partial charge in [0.2, 0.25) is 5.91 Å². The quantitative estimate of drug-likeness (QED) is 0.819. The number of halogens is 1. The molecule has 1 aliphatic rings. The number of hydrogen-bond acceptors (Lipinski definition) is 4. The lowest BCUT2D eigenvalue weighted by molar-refractivity contribution is -0.128. The highest BCUT2D eigenvalue weighted by Crippen LogP contribution is 2.19. The normalized spacial score (nSPS) is 20.4. The Labute approximate surface area is 134 Å². The highest BCUT2D eigenvalue weighted by atomic mass is 35.5. The first kappa shape index (κ1) is 16.6. The monoisotopic (exact) mass is 347 g/mol. The van der Waals surface area contributed by atoms with Crippen LogP contribution in [0.3, 0.4) is 0 Å². The number of rotatable bonds is 5. The molecule has 0 N–H and O–H groups in total. The van der Waals surface area contributed by atoms with Crippen molar-refractivity contribution in [2.24, 2.45) is 0 Å². The molecule has 1 aromatic carbocycles. The second-order valence-electron chi connectivity index (χ2n) is 5.18. The molecule has 0 aromatic heterocycles. The number of benzene rings is 1. The molecule has 1 fully saturated rings. The number of nitrogens with zero attached hydrogens (tertiary/aromatic N) is 1. The van der Waals surface area contributed by atoms with E-state index in [0.29, 0.717) is 22.9 Å². The number of thioether (sulfide) groups is 1. The predicted octanol–water partition coefficient (Wildman–Crippen LogP) is 2.22. The summed E-state index contributed by atoms with van der Waals surface area (Å²) in [5.41, 5.74) is 1.08. The minimum atomic E-state index is -2.96. The van der Waals surface area contributed by atoms with Gasteiger partial charge in [-0.3, -0.25) is 4.79 Å². The van der Waals surface area contributed by atoms with E-state index in [4.69, 9.17) is 11.6 Å². The van der Waals surface area contributed by atoms with Crippen LogP contribution >= 0.6 is 23.4 Å². The van der Waals surface area contributed by atoms with Crippen LogP contribution in [0, 0.1) is 0 Å². The molecule has 0 saturated carbocycles. The zero-order valence-corrected chi connectivity index (χ0v) is 14.2. The minimum Gasteiger partial charge on any atom is -0.341 e. The van der Waals surface area contributed by atoms with Gasteiger partial charge >= 0.3 is 0 Å². The van der Waals surface area contributed by atoms with Gasteiger partial charge in [0, 0.05) is 23.9 Å². The lowest BCUT2D eigenvalue weighted by Crippen LogP contribution is -2.38. The van der Waals surface area contributed by atoms with Gasteiger partial charge in [0.25, 0.3) is 0 Å². The SMILES string of the molecule is CN(C(=O)CSCc1cccc(Cl)c1)[C@@H]1CCS(=O)(=O)C1. The Hall–Kier alpha value is -0.720. The van der Waals surface area contributed by atoms with Crippen LogP contribution in [-0.4, -0.2) is 49.6 Å². The molecule has 0 bridgehead atoms. The third-order valence-corrected chi connectivity index (χ3v) is 6.51. The lowest BCUT2D eigenvalue weighted by atomic mass is 10.2. The van der Waals surface area contributed by atoms with E-state index in [1.807, 2.05) is 24.3 Å². The number of carbonyl (C=O) groups is 1. The molecule has 0 aliphatic carbocycles. The van der Waals surface area contributed by atoms with Crippen LogP contribution in [0.5, 0.6) is 0 Å². The smallest absolute Gasteiger partial charge is 0.232 e. The number of amides is 1. The van der Waals surface area contributed by atoms with E-state index in [0.717, 1.165) is 5.56 Å².